The van der Waals surface area contributed by atoms with E-state index < -0.39 is 0 Å². The van der Waals surface area contributed by atoms with Gasteiger partial charge in [-0.15, -0.1) is 0 Å². The maximum atomic E-state index is 10.7. The van der Waals surface area contributed by atoms with E-state index >= 15 is 0 Å². The normalized spacial score (nSPS) is 14.8. The second-order valence-corrected chi connectivity index (χ2v) is 7.37. The van der Waals surface area contributed by atoms with E-state index in [1.54, 1.807) is 0 Å². The lowest BCUT2D eigenvalue weighted by Gasteiger charge is -2.36. The van der Waals surface area contributed by atoms with Crippen LogP contribution >= 0.6 is 11.6 Å². The van der Waals surface area contributed by atoms with Crippen molar-refractivity contribution in [1.29, 1.82) is 0 Å². The van der Waals surface area contributed by atoms with Crippen molar-refractivity contribution < 1.29 is 4.79 Å². The lowest BCUT2D eigenvalue weighted by Crippen LogP contribution is -2.46. The Balaban J connectivity index is 1.42. The first-order chi connectivity index (χ1) is 13.7. The Hall–Kier alpha value is -2.69. The van der Waals surface area contributed by atoms with Crippen LogP contribution in [0.2, 0.25) is 5.02 Å². The molecule has 0 N–H and O–H groups in total. The molecule has 1 aromatic heterocycles. The molecule has 0 amide bonds. The van der Waals surface area contributed by atoms with Crippen molar-refractivity contribution in [3.63, 3.8) is 0 Å². The molecule has 0 bridgehead atoms. The zero-order valence-corrected chi connectivity index (χ0v) is 16.3. The molecule has 1 aliphatic heterocycles. The number of rotatable bonds is 5. The molecule has 4 rings (SSSR count). The molecule has 2 aromatic carbocycles. The van der Waals surface area contributed by atoms with Gasteiger partial charge in [-0.3, -0.25) is 14.7 Å². The minimum atomic E-state index is 0.591. The summed E-state index contributed by atoms with van der Waals surface area (Å²) in [5.41, 5.74) is 5.08. The number of anilines is 1. The average Bonchev–Trinajstić information content (AvgIpc) is 2.75. The average molecular weight is 391 g/mol. The second-order valence-electron chi connectivity index (χ2n) is 6.93. The highest BCUT2D eigenvalue weighted by molar-refractivity contribution is 6.30. The van der Waals surface area contributed by atoms with E-state index in [1.165, 1.54) is 5.56 Å². The summed E-state index contributed by atoms with van der Waals surface area (Å²) in [4.78, 5) is 20.1. The van der Waals surface area contributed by atoms with Crippen LogP contribution in [0, 0.1) is 0 Å². The van der Waals surface area contributed by atoms with Gasteiger partial charge in [0.2, 0.25) is 6.29 Å². The standard InChI is InChI=1S/C23H21ClN3O/c24-21-7-5-19(6-8-21)23-20(2-1-11-25-23)16-26-12-14-27(15-13-26)22-9-3-18(17-28)4-10-22/h1-11H,12-16H2. The monoisotopic (exact) mass is 390 g/mol. The van der Waals surface area contributed by atoms with Crippen LogP contribution < -0.4 is 4.90 Å². The van der Waals surface area contributed by atoms with Gasteiger partial charge in [-0.25, -0.2) is 0 Å². The van der Waals surface area contributed by atoms with Gasteiger partial charge in [-0.2, -0.15) is 0 Å². The zero-order chi connectivity index (χ0) is 19.3. The van der Waals surface area contributed by atoms with Gasteiger partial charge < -0.3 is 4.90 Å². The van der Waals surface area contributed by atoms with Crippen molar-refractivity contribution in [1.82, 2.24) is 9.88 Å². The van der Waals surface area contributed by atoms with E-state index in [1.807, 2.05) is 67.1 Å². The topological polar surface area (TPSA) is 36.4 Å². The Morgan fingerprint density at radius 3 is 2.32 bits per heavy atom. The number of halogens is 1. The molecule has 1 fully saturated rings. The Kier molecular flexibility index (Phi) is 5.70. The van der Waals surface area contributed by atoms with E-state index in [4.69, 9.17) is 11.6 Å². The first-order valence-electron chi connectivity index (χ1n) is 9.38. The summed E-state index contributed by atoms with van der Waals surface area (Å²) in [5.74, 6) is 0. The predicted molar refractivity (Wildman–Crippen MR) is 113 cm³/mol. The Bertz CT molecular complexity index is 933. The predicted octanol–water partition coefficient (Wildman–Crippen LogP) is 4.18. The molecule has 0 atom stereocenters. The minimum Gasteiger partial charge on any atom is -0.369 e. The molecule has 3 aromatic rings. The van der Waals surface area contributed by atoms with E-state index in [9.17, 15) is 4.79 Å². The van der Waals surface area contributed by atoms with Crippen LogP contribution in [0.4, 0.5) is 5.69 Å². The van der Waals surface area contributed by atoms with Crippen molar-refractivity contribution in [2.24, 2.45) is 0 Å². The van der Waals surface area contributed by atoms with E-state index in [0.29, 0.717) is 5.56 Å². The summed E-state index contributed by atoms with van der Waals surface area (Å²) in [5, 5.41) is 0.733. The van der Waals surface area contributed by atoms with Crippen LogP contribution in [-0.4, -0.2) is 42.3 Å². The molecule has 1 saturated heterocycles. The number of hydrogen-bond donors (Lipinski definition) is 0. The quantitative estimate of drug-likeness (QED) is 0.654. The third kappa shape index (κ3) is 4.24. The summed E-state index contributed by atoms with van der Waals surface area (Å²) in [6.07, 6.45) is 3.76. The summed E-state index contributed by atoms with van der Waals surface area (Å²) in [6, 6.07) is 19.6. The first kappa shape index (κ1) is 18.7. The molecular formula is C23H21ClN3O. The molecule has 141 valence electrons. The van der Waals surface area contributed by atoms with E-state index in [2.05, 4.69) is 20.9 Å². The fourth-order valence-electron chi connectivity index (χ4n) is 3.58. The number of hydrogen-bond acceptors (Lipinski definition) is 4. The molecule has 0 unspecified atom stereocenters. The molecule has 28 heavy (non-hydrogen) atoms. The molecule has 0 saturated carbocycles. The van der Waals surface area contributed by atoms with Gasteiger partial charge in [-0.1, -0.05) is 29.8 Å². The van der Waals surface area contributed by atoms with Crippen LogP contribution in [0.5, 0.6) is 0 Å². The number of aromatic nitrogens is 1. The smallest absolute Gasteiger partial charge is 0.233 e. The van der Waals surface area contributed by atoms with Crippen LogP contribution in [0.15, 0.2) is 66.9 Å². The Morgan fingerprint density at radius 1 is 0.929 bits per heavy atom. The van der Waals surface area contributed by atoms with Crippen molar-refractivity contribution in [3.8, 4) is 11.3 Å². The molecule has 2 heterocycles. The Morgan fingerprint density at radius 2 is 1.64 bits per heavy atom. The van der Waals surface area contributed by atoms with Gasteiger partial charge in [0.15, 0.2) is 0 Å². The summed E-state index contributed by atoms with van der Waals surface area (Å²) in [7, 11) is 0. The SMILES string of the molecule is O=[C]c1ccc(N2CCN(Cc3cccnc3-c3ccc(Cl)cc3)CC2)cc1. The van der Waals surface area contributed by atoms with Crippen LogP contribution in [-0.2, 0) is 11.3 Å². The summed E-state index contributed by atoms with van der Waals surface area (Å²) in [6.45, 7) is 4.76. The molecule has 0 spiro atoms. The maximum Gasteiger partial charge on any atom is 0.233 e. The van der Waals surface area contributed by atoms with Crippen molar-refractivity contribution in [2.45, 2.75) is 6.54 Å². The lowest BCUT2D eigenvalue weighted by molar-refractivity contribution is 0.250. The highest BCUT2D eigenvalue weighted by Gasteiger charge is 2.19. The van der Waals surface area contributed by atoms with Gasteiger partial charge in [0.1, 0.15) is 0 Å². The minimum absolute atomic E-state index is 0.591. The van der Waals surface area contributed by atoms with Gasteiger partial charge in [0.25, 0.3) is 0 Å². The highest BCUT2D eigenvalue weighted by atomic mass is 35.5. The first-order valence-corrected chi connectivity index (χ1v) is 9.76. The number of piperazine rings is 1. The van der Waals surface area contributed by atoms with E-state index in [-0.39, 0.29) is 0 Å². The van der Waals surface area contributed by atoms with Crippen molar-refractivity contribution in [3.05, 3.63) is 83.0 Å². The van der Waals surface area contributed by atoms with Crippen LogP contribution in [0.3, 0.4) is 0 Å². The van der Waals surface area contributed by atoms with Gasteiger partial charge >= 0.3 is 0 Å². The molecule has 1 aliphatic rings. The van der Waals surface area contributed by atoms with Gasteiger partial charge in [-0.05, 0) is 48.0 Å². The third-order valence-corrected chi connectivity index (χ3v) is 5.38. The van der Waals surface area contributed by atoms with Crippen LogP contribution in [0.1, 0.15) is 11.1 Å². The number of carbonyl (C=O) groups excluding carboxylic acids is 1. The molecule has 0 aliphatic carbocycles. The molecular weight excluding hydrogens is 370 g/mol. The second kappa shape index (κ2) is 8.55. The Labute approximate surface area is 170 Å². The molecule has 5 heteroatoms. The summed E-state index contributed by atoms with van der Waals surface area (Å²) >= 11 is 6.02. The number of nitrogens with zero attached hydrogens (tertiary/aromatic N) is 3. The molecule has 4 nitrogen and oxygen atoms in total. The summed E-state index contributed by atoms with van der Waals surface area (Å²) < 4.78 is 0. The van der Waals surface area contributed by atoms with Crippen molar-refractivity contribution in [2.75, 3.05) is 31.1 Å². The highest BCUT2D eigenvalue weighted by Crippen LogP contribution is 2.25. The number of benzene rings is 2. The largest absolute Gasteiger partial charge is 0.369 e. The molecule has 1 radical (unpaired) electrons. The zero-order valence-electron chi connectivity index (χ0n) is 15.5. The fourth-order valence-corrected chi connectivity index (χ4v) is 3.71. The van der Waals surface area contributed by atoms with Crippen molar-refractivity contribution >= 4 is 23.6 Å². The van der Waals surface area contributed by atoms with Gasteiger partial charge in [0.05, 0.1) is 5.69 Å². The number of pyridine rings is 1. The van der Waals surface area contributed by atoms with Gasteiger partial charge in [0, 0.05) is 60.8 Å². The lowest BCUT2D eigenvalue weighted by atomic mass is 10.1. The third-order valence-electron chi connectivity index (χ3n) is 5.13. The van der Waals surface area contributed by atoms with E-state index in [0.717, 1.165) is 54.7 Å². The van der Waals surface area contributed by atoms with Crippen LogP contribution in [0.25, 0.3) is 11.3 Å². The maximum absolute atomic E-state index is 10.7. The fraction of sp³-hybridized carbons (Fsp3) is 0.217.